The lowest BCUT2D eigenvalue weighted by atomic mass is 10.1. The van der Waals surface area contributed by atoms with Gasteiger partial charge in [-0.25, -0.2) is 4.79 Å². The lowest BCUT2D eigenvalue weighted by Gasteiger charge is -2.14. The summed E-state index contributed by atoms with van der Waals surface area (Å²) in [4.78, 5) is 23.1. The number of anilines is 1. The maximum Gasteiger partial charge on any atom is 0.335 e. The molecule has 0 radical (unpaired) electrons. The molecule has 0 spiro atoms. The summed E-state index contributed by atoms with van der Waals surface area (Å²) in [6.45, 7) is 4.41. The number of ether oxygens (including phenoxy) is 3. The summed E-state index contributed by atoms with van der Waals surface area (Å²) in [6, 6.07) is 2.66. The van der Waals surface area contributed by atoms with Crippen LogP contribution in [0.4, 0.5) is 5.69 Å². The first-order valence-corrected chi connectivity index (χ1v) is 7.01. The molecule has 1 rings (SSSR count). The molecule has 7 heteroatoms. The fraction of sp³-hybridized carbons (Fsp3) is 0.375. The zero-order valence-corrected chi connectivity index (χ0v) is 13.3. The number of nitrogens with one attached hydrogen (secondary N) is 1. The van der Waals surface area contributed by atoms with Crippen LogP contribution in [-0.2, 0) is 9.53 Å². The van der Waals surface area contributed by atoms with Crippen molar-refractivity contribution in [3.63, 3.8) is 0 Å². The summed E-state index contributed by atoms with van der Waals surface area (Å²) in [5.41, 5.74) is 0.244. The lowest BCUT2D eigenvalue weighted by Crippen LogP contribution is -2.14. The fourth-order valence-corrected chi connectivity index (χ4v) is 1.89. The molecule has 0 aliphatic rings. The molecule has 126 valence electrons. The van der Waals surface area contributed by atoms with E-state index in [2.05, 4.69) is 11.9 Å². The van der Waals surface area contributed by atoms with Gasteiger partial charge in [-0.05, 0) is 18.6 Å². The number of carbonyl (C=O) groups is 2. The Labute approximate surface area is 134 Å². The van der Waals surface area contributed by atoms with Gasteiger partial charge in [0, 0.05) is 13.0 Å². The van der Waals surface area contributed by atoms with Crippen LogP contribution in [0, 0.1) is 0 Å². The minimum absolute atomic E-state index is 0.00716. The van der Waals surface area contributed by atoms with Crippen molar-refractivity contribution in [2.45, 2.75) is 12.8 Å². The second kappa shape index (κ2) is 9.47. The Morgan fingerprint density at radius 1 is 1.30 bits per heavy atom. The van der Waals surface area contributed by atoms with E-state index in [1.54, 1.807) is 6.08 Å². The number of benzene rings is 1. The standard InChI is InChI=1S/C16H21NO6/c1-4-7-23-8-5-6-14(18)17-12-9-11(16(19)20)10-13(21-2)15(12)22-3/h4,9-10H,1,5-8H2,2-3H3,(H,17,18)(H,19,20). The summed E-state index contributed by atoms with van der Waals surface area (Å²) >= 11 is 0. The van der Waals surface area contributed by atoms with Gasteiger partial charge in [0.2, 0.25) is 5.91 Å². The molecule has 0 aliphatic carbocycles. The molecule has 0 aromatic heterocycles. The molecular weight excluding hydrogens is 302 g/mol. The molecule has 0 saturated heterocycles. The third kappa shape index (κ3) is 5.63. The van der Waals surface area contributed by atoms with Crippen LogP contribution >= 0.6 is 0 Å². The number of carboxylic acid groups (broad SMARTS) is 1. The van der Waals surface area contributed by atoms with Crippen LogP contribution in [0.15, 0.2) is 24.8 Å². The van der Waals surface area contributed by atoms with Gasteiger partial charge in [0.25, 0.3) is 0 Å². The topological polar surface area (TPSA) is 94.1 Å². The second-order valence-electron chi connectivity index (χ2n) is 4.58. The van der Waals surface area contributed by atoms with Crippen molar-refractivity contribution < 1.29 is 28.9 Å². The van der Waals surface area contributed by atoms with Crippen LogP contribution in [0.2, 0.25) is 0 Å². The van der Waals surface area contributed by atoms with Crippen molar-refractivity contribution in [3.05, 3.63) is 30.4 Å². The van der Waals surface area contributed by atoms with E-state index in [1.807, 2.05) is 0 Å². The quantitative estimate of drug-likeness (QED) is 0.507. The van der Waals surface area contributed by atoms with Gasteiger partial charge in [-0.3, -0.25) is 4.79 Å². The Bertz CT molecular complexity index is 570. The Morgan fingerprint density at radius 3 is 2.61 bits per heavy atom. The largest absolute Gasteiger partial charge is 0.493 e. The lowest BCUT2D eigenvalue weighted by molar-refractivity contribution is -0.116. The molecule has 1 amide bonds. The summed E-state index contributed by atoms with van der Waals surface area (Å²) in [7, 11) is 2.81. The van der Waals surface area contributed by atoms with E-state index < -0.39 is 5.97 Å². The van der Waals surface area contributed by atoms with Gasteiger partial charge in [-0.15, -0.1) is 6.58 Å². The normalized spacial score (nSPS) is 10.0. The summed E-state index contributed by atoms with van der Waals surface area (Å²) in [5, 5.41) is 11.8. The van der Waals surface area contributed by atoms with Crippen molar-refractivity contribution in [2.24, 2.45) is 0 Å². The van der Waals surface area contributed by atoms with Gasteiger partial charge >= 0.3 is 5.97 Å². The molecule has 1 aromatic carbocycles. The van der Waals surface area contributed by atoms with Crippen molar-refractivity contribution in [1.29, 1.82) is 0 Å². The number of aromatic carboxylic acids is 1. The molecule has 0 bridgehead atoms. The first kappa shape index (κ1) is 18.5. The van der Waals surface area contributed by atoms with E-state index in [-0.39, 0.29) is 35.1 Å². The number of hydrogen-bond acceptors (Lipinski definition) is 5. The van der Waals surface area contributed by atoms with E-state index in [0.29, 0.717) is 19.6 Å². The van der Waals surface area contributed by atoms with Crippen molar-refractivity contribution in [1.82, 2.24) is 0 Å². The summed E-state index contributed by atoms with van der Waals surface area (Å²) < 4.78 is 15.5. The number of methoxy groups -OCH3 is 2. The van der Waals surface area contributed by atoms with Gasteiger partial charge in [0.15, 0.2) is 11.5 Å². The molecule has 7 nitrogen and oxygen atoms in total. The fourth-order valence-electron chi connectivity index (χ4n) is 1.89. The third-order valence-electron chi connectivity index (χ3n) is 2.93. The van der Waals surface area contributed by atoms with Crippen LogP contribution in [0.25, 0.3) is 0 Å². The highest BCUT2D eigenvalue weighted by Gasteiger charge is 2.17. The zero-order valence-electron chi connectivity index (χ0n) is 13.3. The maximum absolute atomic E-state index is 12.0. The Kier molecular flexibility index (Phi) is 7.62. The van der Waals surface area contributed by atoms with E-state index >= 15 is 0 Å². The predicted molar refractivity (Wildman–Crippen MR) is 85.4 cm³/mol. The monoisotopic (exact) mass is 323 g/mol. The molecule has 0 fully saturated rings. The minimum Gasteiger partial charge on any atom is -0.493 e. The molecular formula is C16H21NO6. The van der Waals surface area contributed by atoms with Gasteiger partial charge in [0.1, 0.15) is 0 Å². The summed E-state index contributed by atoms with van der Waals surface area (Å²) in [6.07, 6.45) is 2.41. The van der Waals surface area contributed by atoms with Crippen molar-refractivity contribution in [3.8, 4) is 11.5 Å². The molecule has 0 atom stereocenters. The number of rotatable bonds is 10. The molecule has 0 heterocycles. The third-order valence-corrected chi connectivity index (χ3v) is 2.93. The molecule has 0 aliphatic heterocycles. The minimum atomic E-state index is -1.13. The number of carboxylic acids is 1. The van der Waals surface area contributed by atoms with Crippen LogP contribution in [-0.4, -0.2) is 44.4 Å². The summed E-state index contributed by atoms with van der Waals surface area (Å²) in [5.74, 6) is -0.889. The van der Waals surface area contributed by atoms with Crippen LogP contribution < -0.4 is 14.8 Å². The maximum atomic E-state index is 12.0. The molecule has 23 heavy (non-hydrogen) atoms. The van der Waals surface area contributed by atoms with Crippen molar-refractivity contribution in [2.75, 3.05) is 32.8 Å². The van der Waals surface area contributed by atoms with E-state index in [9.17, 15) is 9.59 Å². The van der Waals surface area contributed by atoms with Crippen LogP contribution in [0.3, 0.4) is 0 Å². The zero-order chi connectivity index (χ0) is 17.2. The van der Waals surface area contributed by atoms with Crippen LogP contribution in [0.5, 0.6) is 11.5 Å². The highest BCUT2D eigenvalue weighted by atomic mass is 16.5. The molecule has 1 aromatic rings. The van der Waals surface area contributed by atoms with E-state index in [4.69, 9.17) is 19.3 Å². The number of hydrogen-bond donors (Lipinski definition) is 2. The number of carbonyl (C=O) groups excluding carboxylic acids is 1. The SMILES string of the molecule is C=CCOCCCC(=O)Nc1cc(C(=O)O)cc(OC)c1OC. The smallest absolute Gasteiger partial charge is 0.335 e. The average molecular weight is 323 g/mol. The van der Waals surface area contributed by atoms with E-state index in [1.165, 1.54) is 26.4 Å². The molecule has 0 saturated carbocycles. The Hall–Kier alpha value is -2.54. The molecule has 0 unspecified atom stereocenters. The van der Waals surface area contributed by atoms with Gasteiger partial charge < -0.3 is 24.6 Å². The average Bonchev–Trinajstić information content (AvgIpc) is 2.53. The highest BCUT2D eigenvalue weighted by Crippen LogP contribution is 2.36. The second-order valence-corrected chi connectivity index (χ2v) is 4.58. The van der Waals surface area contributed by atoms with Gasteiger partial charge in [-0.1, -0.05) is 6.08 Å². The van der Waals surface area contributed by atoms with Gasteiger partial charge in [0.05, 0.1) is 32.1 Å². The highest BCUT2D eigenvalue weighted by molar-refractivity contribution is 5.96. The molecule has 2 N–H and O–H groups in total. The Balaban J connectivity index is 2.80. The first-order chi connectivity index (χ1) is 11.0. The predicted octanol–water partition coefficient (Wildman–Crippen LogP) is 2.32. The van der Waals surface area contributed by atoms with E-state index in [0.717, 1.165) is 0 Å². The first-order valence-electron chi connectivity index (χ1n) is 7.01. The number of amides is 1. The van der Waals surface area contributed by atoms with Crippen LogP contribution in [0.1, 0.15) is 23.2 Å². The van der Waals surface area contributed by atoms with Crippen molar-refractivity contribution >= 4 is 17.6 Å². The Morgan fingerprint density at radius 2 is 2.04 bits per heavy atom. The van der Waals surface area contributed by atoms with Gasteiger partial charge in [-0.2, -0.15) is 0 Å².